The topological polar surface area (TPSA) is 90.1 Å². The minimum absolute atomic E-state index is 0.0661. The number of nitrogens with zero attached hydrogens (tertiary/aromatic N) is 3. The van der Waals surface area contributed by atoms with E-state index in [4.69, 9.17) is 0 Å². The first-order valence-corrected chi connectivity index (χ1v) is 9.46. The third-order valence-corrected chi connectivity index (χ3v) is 4.82. The molecule has 0 aliphatic heterocycles. The van der Waals surface area contributed by atoms with E-state index in [1.54, 1.807) is 23.0 Å². The van der Waals surface area contributed by atoms with Gasteiger partial charge in [-0.2, -0.15) is 5.10 Å². The summed E-state index contributed by atoms with van der Waals surface area (Å²) in [7, 11) is 0. The van der Waals surface area contributed by atoms with Gasteiger partial charge in [0, 0.05) is 29.9 Å². The van der Waals surface area contributed by atoms with Crippen molar-refractivity contribution in [3.63, 3.8) is 0 Å². The summed E-state index contributed by atoms with van der Waals surface area (Å²) < 4.78 is 1.80. The Morgan fingerprint density at radius 3 is 2.67 bits per heavy atom. The standard InChI is InChI=1S/C19H18N4O3S/c1-27-16-7-8-18(23(25)26)17(11-16)19(24)20-12-14-5-2-3-6-15(14)13-22-10-4-9-21-22/h2-11H,12-13H2,1H3,(H,20,24). The molecule has 7 nitrogen and oxygen atoms in total. The zero-order valence-corrected chi connectivity index (χ0v) is 15.5. The Morgan fingerprint density at radius 1 is 1.22 bits per heavy atom. The second kappa shape index (κ2) is 8.50. The number of thioether (sulfide) groups is 1. The number of hydrogen-bond donors (Lipinski definition) is 1. The van der Waals surface area contributed by atoms with Crippen LogP contribution in [0.5, 0.6) is 0 Å². The van der Waals surface area contributed by atoms with E-state index in [1.807, 2.05) is 42.8 Å². The molecule has 1 heterocycles. The fraction of sp³-hybridized carbons (Fsp3) is 0.158. The lowest BCUT2D eigenvalue weighted by Crippen LogP contribution is -2.24. The maximum absolute atomic E-state index is 12.6. The van der Waals surface area contributed by atoms with Crippen LogP contribution in [0, 0.1) is 10.1 Å². The van der Waals surface area contributed by atoms with Crippen molar-refractivity contribution in [3.8, 4) is 0 Å². The third-order valence-electron chi connectivity index (χ3n) is 4.09. The van der Waals surface area contributed by atoms with Crippen molar-refractivity contribution in [3.05, 3.63) is 87.7 Å². The lowest BCUT2D eigenvalue weighted by atomic mass is 10.1. The molecule has 0 spiro atoms. The SMILES string of the molecule is CSc1ccc([N+](=O)[O-])c(C(=O)NCc2ccccc2Cn2cccn2)c1. The average molecular weight is 382 g/mol. The van der Waals surface area contributed by atoms with Crippen LogP contribution in [0.1, 0.15) is 21.5 Å². The monoisotopic (exact) mass is 382 g/mol. The summed E-state index contributed by atoms with van der Waals surface area (Å²) in [4.78, 5) is 24.1. The van der Waals surface area contributed by atoms with Crippen LogP contribution in [0.25, 0.3) is 0 Å². The van der Waals surface area contributed by atoms with Gasteiger partial charge in [0.15, 0.2) is 0 Å². The van der Waals surface area contributed by atoms with Gasteiger partial charge >= 0.3 is 0 Å². The number of carbonyl (C=O) groups excluding carboxylic acids is 1. The van der Waals surface area contributed by atoms with Gasteiger partial charge in [-0.25, -0.2) is 0 Å². The van der Waals surface area contributed by atoms with E-state index >= 15 is 0 Å². The fourth-order valence-electron chi connectivity index (χ4n) is 2.71. The summed E-state index contributed by atoms with van der Waals surface area (Å²) in [6, 6.07) is 14.1. The Bertz CT molecular complexity index is 957. The van der Waals surface area contributed by atoms with Gasteiger partial charge in [-0.15, -0.1) is 11.8 Å². The Kier molecular flexibility index (Phi) is 5.87. The lowest BCUT2D eigenvalue weighted by Gasteiger charge is -2.11. The molecule has 0 saturated heterocycles. The molecule has 0 unspecified atom stereocenters. The summed E-state index contributed by atoms with van der Waals surface area (Å²) in [5.74, 6) is -0.466. The smallest absolute Gasteiger partial charge is 0.282 e. The van der Waals surface area contributed by atoms with Gasteiger partial charge in [-0.3, -0.25) is 19.6 Å². The van der Waals surface area contributed by atoms with Gasteiger partial charge < -0.3 is 5.32 Å². The van der Waals surface area contributed by atoms with Crippen molar-refractivity contribution >= 4 is 23.4 Å². The van der Waals surface area contributed by atoms with Crippen molar-refractivity contribution in [1.82, 2.24) is 15.1 Å². The number of hydrogen-bond acceptors (Lipinski definition) is 5. The van der Waals surface area contributed by atoms with Gasteiger partial charge in [-0.1, -0.05) is 24.3 Å². The van der Waals surface area contributed by atoms with Crippen LogP contribution in [-0.4, -0.2) is 26.9 Å². The second-order valence-corrected chi connectivity index (χ2v) is 6.67. The first-order chi connectivity index (χ1) is 13.1. The number of carbonyl (C=O) groups is 1. The maximum Gasteiger partial charge on any atom is 0.282 e. The maximum atomic E-state index is 12.6. The minimum Gasteiger partial charge on any atom is -0.348 e. The van der Waals surface area contributed by atoms with E-state index in [0.29, 0.717) is 6.54 Å². The fourth-order valence-corrected chi connectivity index (χ4v) is 3.15. The highest BCUT2D eigenvalue weighted by molar-refractivity contribution is 7.98. The number of nitro groups is 1. The third kappa shape index (κ3) is 4.53. The molecule has 0 fully saturated rings. The van der Waals surface area contributed by atoms with Crippen molar-refractivity contribution < 1.29 is 9.72 Å². The molecule has 138 valence electrons. The molecule has 8 heteroatoms. The highest BCUT2D eigenvalue weighted by Gasteiger charge is 2.20. The summed E-state index contributed by atoms with van der Waals surface area (Å²) in [6.07, 6.45) is 5.43. The molecule has 1 aromatic heterocycles. The highest BCUT2D eigenvalue weighted by atomic mass is 32.2. The van der Waals surface area contributed by atoms with Gasteiger partial charge in [0.2, 0.25) is 0 Å². The predicted molar refractivity (Wildman–Crippen MR) is 104 cm³/mol. The van der Waals surface area contributed by atoms with E-state index in [0.717, 1.165) is 16.0 Å². The molecule has 27 heavy (non-hydrogen) atoms. The van der Waals surface area contributed by atoms with Gasteiger partial charge in [0.05, 0.1) is 11.5 Å². The molecule has 2 aromatic carbocycles. The van der Waals surface area contributed by atoms with Gasteiger partial charge in [0.1, 0.15) is 5.56 Å². The van der Waals surface area contributed by atoms with Crippen LogP contribution in [0.4, 0.5) is 5.69 Å². The van der Waals surface area contributed by atoms with Crippen LogP contribution < -0.4 is 5.32 Å². The van der Waals surface area contributed by atoms with Crippen LogP contribution in [-0.2, 0) is 13.1 Å². The first kappa shape index (κ1) is 18.7. The van der Waals surface area contributed by atoms with E-state index in [9.17, 15) is 14.9 Å². The molecule has 0 aliphatic carbocycles. The number of aromatic nitrogens is 2. The van der Waals surface area contributed by atoms with Crippen LogP contribution >= 0.6 is 11.8 Å². The average Bonchev–Trinajstić information content (AvgIpc) is 3.19. The molecule has 3 aromatic rings. The minimum atomic E-state index is -0.537. The number of benzene rings is 2. The summed E-state index contributed by atoms with van der Waals surface area (Å²) in [5.41, 5.74) is 1.82. The molecular weight excluding hydrogens is 364 g/mol. The van der Waals surface area contributed by atoms with Crippen LogP contribution in [0.2, 0.25) is 0 Å². The van der Waals surface area contributed by atoms with E-state index in [-0.39, 0.29) is 17.8 Å². The summed E-state index contributed by atoms with van der Waals surface area (Å²) in [5, 5.41) is 18.2. The van der Waals surface area contributed by atoms with E-state index in [1.165, 1.54) is 17.8 Å². The zero-order chi connectivity index (χ0) is 19.2. The van der Waals surface area contributed by atoms with Crippen molar-refractivity contribution in [2.75, 3.05) is 6.26 Å². The first-order valence-electron chi connectivity index (χ1n) is 8.23. The number of rotatable bonds is 7. The van der Waals surface area contributed by atoms with Gasteiger partial charge in [-0.05, 0) is 35.6 Å². The molecule has 1 N–H and O–H groups in total. The van der Waals surface area contributed by atoms with Crippen LogP contribution in [0.15, 0.2) is 65.8 Å². The normalized spacial score (nSPS) is 10.6. The largest absolute Gasteiger partial charge is 0.348 e. The Hall–Kier alpha value is -3.13. The Morgan fingerprint density at radius 2 is 2.00 bits per heavy atom. The van der Waals surface area contributed by atoms with Crippen molar-refractivity contribution in [2.45, 2.75) is 18.0 Å². The number of nitrogens with one attached hydrogen (secondary N) is 1. The van der Waals surface area contributed by atoms with Crippen molar-refractivity contribution in [1.29, 1.82) is 0 Å². The molecule has 0 atom stereocenters. The quantitative estimate of drug-likeness (QED) is 0.384. The van der Waals surface area contributed by atoms with Crippen molar-refractivity contribution in [2.24, 2.45) is 0 Å². The Balaban J connectivity index is 1.78. The zero-order valence-electron chi connectivity index (χ0n) is 14.7. The summed E-state index contributed by atoms with van der Waals surface area (Å²) in [6.45, 7) is 0.859. The Labute approximate surface area is 160 Å². The van der Waals surface area contributed by atoms with Gasteiger partial charge in [0.25, 0.3) is 11.6 Å². The highest BCUT2D eigenvalue weighted by Crippen LogP contribution is 2.25. The molecule has 0 radical (unpaired) electrons. The number of nitro benzene ring substituents is 1. The predicted octanol–water partition coefficient (Wildman–Crippen LogP) is 3.49. The lowest BCUT2D eigenvalue weighted by molar-refractivity contribution is -0.385. The molecule has 0 saturated carbocycles. The second-order valence-electron chi connectivity index (χ2n) is 5.80. The molecule has 3 rings (SSSR count). The summed E-state index contributed by atoms with van der Waals surface area (Å²) >= 11 is 1.43. The van der Waals surface area contributed by atoms with E-state index in [2.05, 4.69) is 10.4 Å². The molecule has 0 aliphatic rings. The number of amides is 1. The van der Waals surface area contributed by atoms with Crippen LogP contribution in [0.3, 0.4) is 0 Å². The molecule has 1 amide bonds. The molecular formula is C19H18N4O3S. The molecule has 0 bridgehead atoms. The van der Waals surface area contributed by atoms with E-state index < -0.39 is 10.8 Å².